The van der Waals surface area contributed by atoms with Gasteiger partial charge in [-0.25, -0.2) is 13.9 Å². The van der Waals surface area contributed by atoms with E-state index in [2.05, 4.69) is 5.10 Å². The van der Waals surface area contributed by atoms with Crippen LogP contribution in [0.2, 0.25) is 0 Å². The Morgan fingerprint density at radius 2 is 1.88 bits per heavy atom. The van der Waals surface area contributed by atoms with Crippen molar-refractivity contribution in [1.82, 2.24) is 9.78 Å². The molecule has 0 saturated heterocycles. The number of hydrogen-bond acceptors (Lipinski definition) is 4. The third kappa shape index (κ3) is 3.74. The topological polar surface area (TPSA) is 53.4 Å². The first-order chi connectivity index (χ1) is 12.5. The van der Waals surface area contributed by atoms with E-state index in [0.29, 0.717) is 17.0 Å². The van der Waals surface area contributed by atoms with Gasteiger partial charge in [-0.15, -0.1) is 0 Å². The third-order valence-corrected chi connectivity index (χ3v) is 3.84. The van der Waals surface area contributed by atoms with Crippen molar-refractivity contribution in [3.05, 3.63) is 71.7 Å². The van der Waals surface area contributed by atoms with E-state index in [1.54, 1.807) is 42.5 Å². The number of rotatable bonds is 5. The minimum Gasteiger partial charge on any atom is -0.497 e. The molecule has 0 bridgehead atoms. The number of ether oxygens (including phenoxy) is 2. The fraction of sp³-hybridized carbons (Fsp3) is 0.200. The van der Waals surface area contributed by atoms with Gasteiger partial charge in [0, 0.05) is 6.07 Å². The van der Waals surface area contributed by atoms with Crippen LogP contribution in [0.25, 0.3) is 5.69 Å². The molecule has 6 heteroatoms. The molecule has 0 fully saturated rings. The van der Waals surface area contributed by atoms with Gasteiger partial charge in [-0.2, -0.15) is 5.10 Å². The van der Waals surface area contributed by atoms with Crippen molar-refractivity contribution in [3.8, 4) is 17.3 Å². The maximum absolute atomic E-state index is 13.6. The summed E-state index contributed by atoms with van der Waals surface area (Å²) < 4.78 is 25.7. The maximum Gasteiger partial charge on any atom is 0.344 e. The van der Waals surface area contributed by atoms with Gasteiger partial charge in [0.25, 0.3) is 0 Å². The van der Waals surface area contributed by atoms with Gasteiger partial charge in [-0.05, 0) is 42.3 Å². The maximum atomic E-state index is 13.6. The molecule has 0 radical (unpaired) electrons. The van der Waals surface area contributed by atoms with E-state index in [-0.39, 0.29) is 11.8 Å². The number of benzene rings is 2. The van der Waals surface area contributed by atoms with Crippen molar-refractivity contribution in [2.45, 2.75) is 19.8 Å². The van der Waals surface area contributed by atoms with Crippen LogP contribution in [0.1, 0.15) is 35.8 Å². The van der Waals surface area contributed by atoms with E-state index in [1.165, 1.54) is 23.9 Å². The molecule has 3 aromatic rings. The Bertz CT molecular complexity index is 934. The summed E-state index contributed by atoms with van der Waals surface area (Å²) in [5.74, 6) is -0.0295. The molecule has 0 N–H and O–H groups in total. The molecule has 0 saturated carbocycles. The second-order valence-electron chi connectivity index (χ2n) is 6.08. The lowest BCUT2D eigenvalue weighted by atomic mass is 10.1. The Balaban J connectivity index is 1.97. The van der Waals surface area contributed by atoms with Gasteiger partial charge in [0.2, 0.25) is 5.88 Å². The average Bonchev–Trinajstić information content (AvgIpc) is 3.06. The first kappa shape index (κ1) is 17.7. The van der Waals surface area contributed by atoms with Crippen LogP contribution in [0.5, 0.6) is 11.6 Å². The lowest BCUT2D eigenvalue weighted by molar-refractivity contribution is 0.0722. The molecule has 134 valence electrons. The molecule has 0 aliphatic rings. The number of carbonyl (C=O) groups is 1. The lowest BCUT2D eigenvalue weighted by Crippen LogP contribution is -2.12. The minimum absolute atomic E-state index is 0.124. The molecule has 1 heterocycles. The predicted octanol–water partition coefficient (Wildman–Crippen LogP) is 4.36. The summed E-state index contributed by atoms with van der Waals surface area (Å²) in [7, 11) is 1.53. The van der Waals surface area contributed by atoms with Gasteiger partial charge in [0.15, 0.2) is 0 Å². The molecule has 0 aliphatic heterocycles. The van der Waals surface area contributed by atoms with Gasteiger partial charge in [-0.3, -0.25) is 0 Å². The van der Waals surface area contributed by atoms with Crippen LogP contribution < -0.4 is 9.47 Å². The van der Waals surface area contributed by atoms with Crippen molar-refractivity contribution in [2.75, 3.05) is 7.11 Å². The number of esters is 1. The zero-order chi connectivity index (χ0) is 18.7. The second kappa shape index (κ2) is 7.39. The van der Waals surface area contributed by atoms with Crippen LogP contribution in [0, 0.1) is 5.82 Å². The number of hydrogen-bond donors (Lipinski definition) is 0. The highest BCUT2D eigenvalue weighted by atomic mass is 19.1. The van der Waals surface area contributed by atoms with E-state index >= 15 is 0 Å². The Labute approximate surface area is 151 Å². The zero-order valence-electron chi connectivity index (χ0n) is 14.8. The number of nitrogens with zero attached hydrogens (tertiary/aromatic N) is 2. The summed E-state index contributed by atoms with van der Waals surface area (Å²) in [5, 5.41) is 4.45. The number of halogens is 1. The van der Waals surface area contributed by atoms with Crippen LogP contribution >= 0.6 is 0 Å². The number of methoxy groups -OCH3 is 1. The molecule has 0 unspecified atom stereocenters. The number of aromatic nitrogens is 2. The third-order valence-electron chi connectivity index (χ3n) is 3.84. The molecule has 0 aliphatic carbocycles. The lowest BCUT2D eigenvalue weighted by Gasteiger charge is -2.08. The Kier molecular flexibility index (Phi) is 5.02. The molecule has 0 amide bonds. The first-order valence-electron chi connectivity index (χ1n) is 8.20. The van der Waals surface area contributed by atoms with Gasteiger partial charge >= 0.3 is 5.97 Å². The molecule has 0 spiro atoms. The molecule has 26 heavy (non-hydrogen) atoms. The standard InChI is InChI=1S/C20H19FN2O3/c1-13(2)18-12-19(23(22-18)16-8-5-7-15(21)11-16)26-20(24)14-6-4-9-17(10-14)25-3/h4-13H,1-3H3. The summed E-state index contributed by atoms with van der Waals surface area (Å²) >= 11 is 0. The first-order valence-corrected chi connectivity index (χ1v) is 8.20. The Hall–Kier alpha value is -3.15. The molecular weight excluding hydrogens is 335 g/mol. The average molecular weight is 354 g/mol. The highest BCUT2D eigenvalue weighted by Gasteiger charge is 2.18. The minimum atomic E-state index is -0.545. The Morgan fingerprint density at radius 3 is 2.58 bits per heavy atom. The SMILES string of the molecule is COc1cccc(C(=O)Oc2cc(C(C)C)nn2-c2cccc(F)c2)c1. The Morgan fingerprint density at radius 1 is 1.12 bits per heavy atom. The smallest absolute Gasteiger partial charge is 0.344 e. The van der Waals surface area contributed by atoms with Gasteiger partial charge in [-0.1, -0.05) is 26.0 Å². The fourth-order valence-corrected chi connectivity index (χ4v) is 2.43. The summed E-state index contributed by atoms with van der Waals surface area (Å²) in [6, 6.07) is 14.3. The van der Waals surface area contributed by atoms with E-state index in [9.17, 15) is 9.18 Å². The van der Waals surface area contributed by atoms with Crippen molar-refractivity contribution < 1.29 is 18.7 Å². The molecule has 2 aromatic carbocycles. The van der Waals surface area contributed by atoms with Crippen LogP contribution in [-0.4, -0.2) is 22.9 Å². The van der Waals surface area contributed by atoms with Gasteiger partial charge in [0.1, 0.15) is 11.6 Å². The predicted molar refractivity (Wildman–Crippen MR) is 95.6 cm³/mol. The summed E-state index contributed by atoms with van der Waals surface area (Å²) in [4.78, 5) is 12.5. The summed E-state index contributed by atoms with van der Waals surface area (Å²) in [5.41, 5.74) is 1.57. The molecule has 1 aromatic heterocycles. The van der Waals surface area contributed by atoms with Crippen molar-refractivity contribution in [2.24, 2.45) is 0 Å². The van der Waals surface area contributed by atoms with E-state index in [1.807, 2.05) is 13.8 Å². The fourth-order valence-electron chi connectivity index (χ4n) is 2.43. The van der Waals surface area contributed by atoms with E-state index < -0.39 is 11.8 Å². The highest BCUT2D eigenvalue weighted by molar-refractivity contribution is 5.91. The van der Waals surface area contributed by atoms with Crippen molar-refractivity contribution >= 4 is 5.97 Å². The van der Waals surface area contributed by atoms with Crippen molar-refractivity contribution in [3.63, 3.8) is 0 Å². The molecule has 0 atom stereocenters. The zero-order valence-corrected chi connectivity index (χ0v) is 14.8. The second-order valence-corrected chi connectivity index (χ2v) is 6.08. The quantitative estimate of drug-likeness (QED) is 0.639. The molecular formula is C20H19FN2O3. The van der Waals surface area contributed by atoms with E-state index in [0.717, 1.165) is 5.69 Å². The highest BCUT2D eigenvalue weighted by Crippen LogP contribution is 2.25. The normalized spacial score (nSPS) is 10.8. The van der Waals surface area contributed by atoms with Crippen LogP contribution in [0.3, 0.4) is 0 Å². The van der Waals surface area contributed by atoms with Crippen LogP contribution in [-0.2, 0) is 0 Å². The van der Waals surface area contributed by atoms with Crippen LogP contribution in [0.15, 0.2) is 54.6 Å². The van der Waals surface area contributed by atoms with Crippen molar-refractivity contribution in [1.29, 1.82) is 0 Å². The monoisotopic (exact) mass is 354 g/mol. The summed E-state index contributed by atoms with van der Waals surface area (Å²) in [6.07, 6.45) is 0. The molecule has 3 rings (SSSR count). The molecule has 5 nitrogen and oxygen atoms in total. The van der Waals surface area contributed by atoms with Gasteiger partial charge in [0.05, 0.1) is 24.1 Å². The number of carbonyl (C=O) groups excluding carboxylic acids is 1. The van der Waals surface area contributed by atoms with Gasteiger partial charge < -0.3 is 9.47 Å². The van der Waals surface area contributed by atoms with Crippen LogP contribution in [0.4, 0.5) is 4.39 Å². The largest absolute Gasteiger partial charge is 0.497 e. The van der Waals surface area contributed by atoms with E-state index in [4.69, 9.17) is 9.47 Å². The summed E-state index contributed by atoms with van der Waals surface area (Å²) in [6.45, 7) is 3.96.